The van der Waals surface area contributed by atoms with Crippen LogP contribution in [0.25, 0.3) is 0 Å². The van der Waals surface area contributed by atoms with E-state index in [0.717, 1.165) is 5.69 Å². The second kappa shape index (κ2) is 4.46. The second-order valence-electron chi connectivity index (χ2n) is 1.90. The lowest BCUT2D eigenvalue weighted by Gasteiger charge is -1.97. The number of carbonyl (C=O) groups is 1. The number of rotatable bonds is 3. The standard InChI is InChI=1S/C6H7BrN2OS/c7-2-1-6(10)9-5-3-8-11-4-5/h3-4H,1-2H2,(H,9,10). The summed E-state index contributed by atoms with van der Waals surface area (Å²) in [6.07, 6.45) is 2.13. The lowest BCUT2D eigenvalue weighted by molar-refractivity contribution is -0.115. The third-order valence-corrected chi connectivity index (χ3v) is 2.02. The minimum atomic E-state index is 0.0158. The van der Waals surface area contributed by atoms with E-state index in [1.165, 1.54) is 11.5 Å². The van der Waals surface area contributed by atoms with Crippen LogP contribution in [0.1, 0.15) is 6.42 Å². The first-order valence-corrected chi connectivity index (χ1v) is 5.04. The van der Waals surface area contributed by atoms with Crippen LogP contribution in [0.2, 0.25) is 0 Å². The van der Waals surface area contributed by atoms with Gasteiger partial charge in [-0.05, 0) is 11.5 Å². The van der Waals surface area contributed by atoms with Gasteiger partial charge >= 0.3 is 0 Å². The zero-order valence-corrected chi connectivity index (χ0v) is 8.11. The zero-order chi connectivity index (χ0) is 8.10. The van der Waals surface area contributed by atoms with Crippen LogP contribution in [0.15, 0.2) is 11.6 Å². The van der Waals surface area contributed by atoms with E-state index in [2.05, 4.69) is 25.6 Å². The molecule has 0 radical (unpaired) electrons. The Bertz CT molecular complexity index is 224. The highest BCUT2D eigenvalue weighted by molar-refractivity contribution is 9.09. The van der Waals surface area contributed by atoms with E-state index in [9.17, 15) is 4.79 Å². The molecule has 1 N–H and O–H groups in total. The van der Waals surface area contributed by atoms with Gasteiger partial charge in [0, 0.05) is 17.1 Å². The van der Waals surface area contributed by atoms with E-state index in [0.29, 0.717) is 11.8 Å². The van der Waals surface area contributed by atoms with Gasteiger partial charge in [-0.25, -0.2) is 0 Å². The largest absolute Gasteiger partial charge is 0.324 e. The minimum absolute atomic E-state index is 0.0158. The molecule has 1 rings (SSSR count). The van der Waals surface area contributed by atoms with Crippen LogP contribution in [0, 0.1) is 0 Å². The first kappa shape index (κ1) is 8.67. The molecule has 0 fully saturated rings. The smallest absolute Gasteiger partial charge is 0.225 e. The van der Waals surface area contributed by atoms with Crippen molar-refractivity contribution in [2.24, 2.45) is 0 Å². The molecule has 1 heterocycles. The van der Waals surface area contributed by atoms with Crippen LogP contribution in [0.4, 0.5) is 5.69 Å². The second-order valence-corrected chi connectivity index (χ2v) is 3.35. The lowest BCUT2D eigenvalue weighted by atomic mass is 10.4. The maximum atomic E-state index is 10.9. The number of amides is 1. The molecule has 60 valence electrons. The van der Waals surface area contributed by atoms with Gasteiger partial charge in [0.05, 0.1) is 11.9 Å². The summed E-state index contributed by atoms with van der Waals surface area (Å²) in [5, 5.41) is 5.19. The molecule has 1 aromatic rings. The molecule has 1 aromatic heterocycles. The predicted molar refractivity (Wildman–Crippen MR) is 49.2 cm³/mol. The maximum Gasteiger partial charge on any atom is 0.225 e. The molecule has 0 saturated carbocycles. The average Bonchev–Trinajstić information content (AvgIpc) is 2.40. The molecule has 0 aliphatic heterocycles. The third-order valence-electron chi connectivity index (χ3n) is 1.04. The first-order chi connectivity index (χ1) is 5.33. The van der Waals surface area contributed by atoms with Gasteiger partial charge in [0.1, 0.15) is 0 Å². The summed E-state index contributed by atoms with van der Waals surface area (Å²) in [6, 6.07) is 0. The molecule has 0 aliphatic carbocycles. The van der Waals surface area contributed by atoms with Crippen LogP contribution >= 0.6 is 27.5 Å². The normalized spacial score (nSPS) is 9.55. The molecular formula is C6H7BrN2OS. The third kappa shape index (κ3) is 2.98. The van der Waals surface area contributed by atoms with Crippen LogP contribution in [-0.2, 0) is 4.79 Å². The summed E-state index contributed by atoms with van der Waals surface area (Å²) in [5.41, 5.74) is 0.779. The monoisotopic (exact) mass is 234 g/mol. The average molecular weight is 235 g/mol. The fourth-order valence-corrected chi connectivity index (χ4v) is 1.40. The first-order valence-electron chi connectivity index (χ1n) is 3.08. The van der Waals surface area contributed by atoms with Crippen molar-refractivity contribution in [1.29, 1.82) is 0 Å². The van der Waals surface area contributed by atoms with Gasteiger partial charge in [-0.1, -0.05) is 15.9 Å². The van der Waals surface area contributed by atoms with Gasteiger partial charge in [-0.3, -0.25) is 4.79 Å². The number of aromatic nitrogens is 1. The predicted octanol–water partition coefficient (Wildman–Crippen LogP) is 1.87. The van der Waals surface area contributed by atoms with E-state index >= 15 is 0 Å². The van der Waals surface area contributed by atoms with E-state index in [4.69, 9.17) is 0 Å². The molecule has 0 aromatic carbocycles. The number of nitrogens with one attached hydrogen (secondary N) is 1. The van der Waals surface area contributed by atoms with Crippen molar-refractivity contribution in [1.82, 2.24) is 4.37 Å². The number of alkyl halides is 1. The number of halogens is 1. The highest BCUT2D eigenvalue weighted by Gasteiger charge is 2.00. The molecule has 0 saturated heterocycles. The highest BCUT2D eigenvalue weighted by Crippen LogP contribution is 2.08. The van der Waals surface area contributed by atoms with Gasteiger partial charge < -0.3 is 5.32 Å². The van der Waals surface area contributed by atoms with Crippen LogP contribution in [-0.4, -0.2) is 15.6 Å². The van der Waals surface area contributed by atoms with Crippen LogP contribution < -0.4 is 5.32 Å². The number of hydrogen-bond donors (Lipinski definition) is 1. The maximum absolute atomic E-state index is 10.9. The summed E-state index contributed by atoms with van der Waals surface area (Å²) in [5.74, 6) is 0.0158. The van der Waals surface area contributed by atoms with E-state index in [1.54, 1.807) is 11.6 Å². The van der Waals surface area contributed by atoms with Crippen molar-refractivity contribution in [3.63, 3.8) is 0 Å². The van der Waals surface area contributed by atoms with Crippen molar-refractivity contribution in [2.45, 2.75) is 6.42 Å². The Morgan fingerprint density at radius 3 is 3.18 bits per heavy atom. The summed E-state index contributed by atoms with van der Waals surface area (Å²) in [4.78, 5) is 10.9. The van der Waals surface area contributed by atoms with Crippen LogP contribution in [0.5, 0.6) is 0 Å². The molecule has 0 spiro atoms. The van der Waals surface area contributed by atoms with Crippen LogP contribution in [0.3, 0.4) is 0 Å². The summed E-state index contributed by atoms with van der Waals surface area (Å²) < 4.78 is 3.85. The quantitative estimate of drug-likeness (QED) is 0.812. The van der Waals surface area contributed by atoms with Gasteiger partial charge in [0.2, 0.25) is 5.91 Å². The SMILES string of the molecule is O=C(CCBr)Nc1cnsc1. The Hall–Kier alpha value is -0.420. The molecular weight excluding hydrogens is 228 g/mol. The molecule has 0 bridgehead atoms. The summed E-state index contributed by atoms with van der Waals surface area (Å²) in [7, 11) is 0. The molecule has 0 aliphatic rings. The van der Waals surface area contributed by atoms with Crippen molar-refractivity contribution in [3.8, 4) is 0 Å². The number of nitrogens with zero attached hydrogens (tertiary/aromatic N) is 1. The molecule has 1 amide bonds. The van der Waals surface area contributed by atoms with Crippen molar-refractivity contribution < 1.29 is 4.79 Å². The fourth-order valence-electron chi connectivity index (χ4n) is 0.576. The Balaban J connectivity index is 2.37. The molecule has 3 nitrogen and oxygen atoms in total. The Kier molecular flexibility index (Phi) is 3.51. The van der Waals surface area contributed by atoms with Gasteiger partial charge in [-0.15, -0.1) is 0 Å². The number of carbonyl (C=O) groups excluding carboxylic acids is 1. The fraction of sp³-hybridized carbons (Fsp3) is 0.333. The Morgan fingerprint density at radius 1 is 1.82 bits per heavy atom. The number of hydrogen-bond acceptors (Lipinski definition) is 3. The molecule has 0 unspecified atom stereocenters. The molecule has 5 heteroatoms. The zero-order valence-electron chi connectivity index (χ0n) is 5.71. The van der Waals surface area contributed by atoms with Crippen molar-refractivity contribution in [3.05, 3.63) is 11.6 Å². The van der Waals surface area contributed by atoms with Crippen molar-refractivity contribution in [2.75, 3.05) is 10.6 Å². The summed E-state index contributed by atoms with van der Waals surface area (Å²) in [6.45, 7) is 0. The Labute approximate surface area is 77.1 Å². The van der Waals surface area contributed by atoms with Gasteiger partial charge in [0.25, 0.3) is 0 Å². The van der Waals surface area contributed by atoms with Gasteiger partial charge in [-0.2, -0.15) is 4.37 Å². The Morgan fingerprint density at radius 2 is 2.64 bits per heavy atom. The lowest BCUT2D eigenvalue weighted by Crippen LogP contribution is -2.10. The molecule has 0 atom stereocenters. The number of anilines is 1. The molecule has 11 heavy (non-hydrogen) atoms. The van der Waals surface area contributed by atoms with E-state index < -0.39 is 0 Å². The topological polar surface area (TPSA) is 42.0 Å². The van der Waals surface area contributed by atoms with E-state index in [1.807, 2.05) is 0 Å². The summed E-state index contributed by atoms with van der Waals surface area (Å²) >= 11 is 4.50. The highest BCUT2D eigenvalue weighted by atomic mass is 79.9. The van der Waals surface area contributed by atoms with E-state index in [-0.39, 0.29) is 5.91 Å². The minimum Gasteiger partial charge on any atom is -0.324 e. The van der Waals surface area contributed by atoms with Crippen molar-refractivity contribution >= 4 is 39.1 Å². The van der Waals surface area contributed by atoms with Gasteiger partial charge in [0.15, 0.2) is 0 Å².